The molecule has 7 heteroatoms. The molecule has 0 spiro atoms. The highest BCUT2D eigenvalue weighted by molar-refractivity contribution is 5.97. The molecule has 1 unspecified atom stereocenters. The first-order valence-corrected chi connectivity index (χ1v) is 10.6. The van der Waals surface area contributed by atoms with E-state index in [1.54, 1.807) is 13.4 Å². The van der Waals surface area contributed by atoms with Gasteiger partial charge in [-0.15, -0.1) is 0 Å². The van der Waals surface area contributed by atoms with Crippen molar-refractivity contribution in [1.82, 2.24) is 14.5 Å². The van der Waals surface area contributed by atoms with Crippen LogP contribution >= 0.6 is 0 Å². The van der Waals surface area contributed by atoms with Crippen LogP contribution in [-0.4, -0.2) is 47.2 Å². The van der Waals surface area contributed by atoms with Gasteiger partial charge in [-0.3, -0.25) is 0 Å². The highest BCUT2D eigenvalue weighted by atomic mass is 16.7. The fourth-order valence-electron chi connectivity index (χ4n) is 4.13. The molecule has 32 heavy (non-hydrogen) atoms. The molecule has 0 saturated carbocycles. The van der Waals surface area contributed by atoms with E-state index in [-0.39, 0.29) is 0 Å². The molecule has 0 amide bonds. The Hall–Kier alpha value is -3.58. The summed E-state index contributed by atoms with van der Waals surface area (Å²) in [5.74, 6) is 1.55. The average molecular weight is 431 g/mol. The van der Waals surface area contributed by atoms with Crippen LogP contribution in [0.15, 0.2) is 66.2 Å². The van der Waals surface area contributed by atoms with Crippen molar-refractivity contribution in [3.05, 3.63) is 83.4 Å². The standard InChI is InChI=1S/C25H26N4O3/c1-18-4-8-21(9-5-18)25-16-31-13-12-29(25)24(27-32-25)11-7-20-6-10-22(23(14-20)30-3)28-15-19(2)26-17-28/h4-11,14-15,17H,12-13,16H2,1-3H3/b11-7+. The molecule has 1 fully saturated rings. The monoisotopic (exact) mass is 430 g/mol. The van der Waals surface area contributed by atoms with Crippen LogP contribution in [0.1, 0.15) is 22.4 Å². The van der Waals surface area contributed by atoms with E-state index in [0.29, 0.717) is 19.8 Å². The van der Waals surface area contributed by atoms with E-state index in [0.717, 1.165) is 34.1 Å². The Kier molecular flexibility index (Phi) is 5.19. The van der Waals surface area contributed by atoms with Crippen LogP contribution in [0.3, 0.4) is 0 Å². The van der Waals surface area contributed by atoms with Gasteiger partial charge < -0.3 is 23.8 Å². The van der Waals surface area contributed by atoms with E-state index < -0.39 is 5.72 Å². The third-order valence-electron chi connectivity index (χ3n) is 5.88. The Balaban J connectivity index is 1.40. The van der Waals surface area contributed by atoms with Gasteiger partial charge in [-0.25, -0.2) is 4.98 Å². The number of rotatable bonds is 5. The first-order chi connectivity index (χ1) is 15.6. The van der Waals surface area contributed by atoms with Crippen molar-refractivity contribution >= 4 is 11.9 Å². The second-order valence-corrected chi connectivity index (χ2v) is 8.08. The Morgan fingerprint density at radius 3 is 2.69 bits per heavy atom. The number of nitrogens with zero attached hydrogens (tertiary/aromatic N) is 4. The topological polar surface area (TPSA) is 61.1 Å². The molecule has 164 valence electrons. The lowest BCUT2D eigenvalue weighted by Crippen LogP contribution is -2.54. The lowest BCUT2D eigenvalue weighted by atomic mass is 9.99. The van der Waals surface area contributed by atoms with Gasteiger partial charge in [-0.2, -0.15) is 0 Å². The number of methoxy groups -OCH3 is 1. The Bertz CT molecular complexity index is 1180. The minimum atomic E-state index is -0.716. The predicted octanol–water partition coefficient (Wildman–Crippen LogP) is 4.04. The molecule has 0 bridgehead atoms. The second kappa shape index (κ2) is 8.16. The van der Waals surface area contributed by atoms with Crippen molar-refractivity contribution in [2.24, 2.45) is 5.16 Å². The maximum absolute atomic E-state index is 6.00. The summed E-state index contributed by atoms with van der Waals surface area (Å²) >= 11 is 0. The third-order valence-corrected chi connectivity index (χ3v) is 5.88. The van der Waals surface area contributed by atoms with Gasteiger partial charge in [0.1, 0.15) is 12.4 Å². The number of morpholine rings is 1. The lowest BCUT2D eigenvalue weighted by Gasteiger charge is -2.40. The van der Waals surface area contributed by atoms with Crippen molar-refractivity contribution in [1.29, 1.82) is 0 Å². The van der Waals surface area contributed by atoms with Gasteiger partial charge in [-0.1, -0.05) is 47.1 Å². The van der Waals surface area contributed by atoms with E-state index in [1.165, 1.54) is 5.56 Å². The van der Waals surface area contributed by atoms with Gasteiger partial charge in [0.15, 0.2) is 5.84 Å². The minimum Gasteiger partial charge on any atom is -0.495 e. The van der Waals surface area contributed by atoms with Gasteiger partial charge in [-0.05, 0) is 37.6 Å². The summed E-state index contributed by atoms with van der Waals surface area (Å²) in [5.41, 5.74) is 4.43. The van der Waals surface area contributed by atoms with Crippen LogP contribution in [0.4, 0.5) is 0 Å². The predicted molar refractivity (Wildman–Crippen MR) is 123 cm³/mol. The van der Waals surface area contributed by atoms with Crippen LogP contribution in [0, 0.1) is 13.8 Å². The number of hydrogen-bond donors (Lipinski definition) is 0. The molecule has 3 heterocycles. The van der Waals surface area contributed by atoms with Crippen molar-refractivity contribution in [3.63, 3.8) is 0 Å². The molecule has 5 rings (SSSR count). The zero-order valence-electron chi connectivity index (χ0n) is 18.5. The largest absolute Gasteiger partial charge is 0.495 e. The van der Waals surface area contributed by atoms with E-state index in [9.17, 15) is 0 Å². The number of ether oxygens (including phenoxy) is 2. The number of aryl methyl sites for hydroxylation is 2. The van der Waals surface area contributed by atoms with Crippen LogP contribution in [-0.2, 0) is 15.3 Å². The molecule has 0 aliphatic carbocycles. The van der Waals surface area contributed by atoms with Crippen LogP contribution in [0.2, 0.25) is 0 Å². The molecule has 2 aliphatic rings. The minimum absolute atomic E-state index is 0.434. The number of aromatic nitrogens is 2. The number of benzene rings is 2. The molecule has 0 N–H and O–H groups in total. The van der Waals surface area contributed by atoms with E-state index in [1.807, 2.05) is 48.0 Å². The fraction of sp³-hybridized carbons (Fsp3) is 0.280. The molecule has 1 atom stereocenters. The molecular weight excluding hydrogens is 404 g/mol. The number of oxime groups is 1. The van der Waals surface area contributed by atoms with Crippen molar-refractivity contribution in [2.75, 3.05) is 26.9 Å². The molecule has 7 nitrogen and oxygen atoms in total. The molecule has 0 radical (unpaired) electrons. The first-order valence-electron chi connectivity index (χ1n) is 10.6. The van der Waals surface area contributed by atoms with Gasteiger partial charge in [0.05, 0.1) is 31.4 Å². The van der Waals surface area contributed by atoms with Crippen LogP contribution in [0.25, 0.3) is 11.8 Å². The number of imidazole rings is 1. The summed E-state index contributed by atoms with van der Waals surface area (Å²) in [6.45, 7) is 5.82. The van der Waals surface area contributed by atoms with Gasteiger partial charge in [0, 0.05) is 18.3 Å². The summed E-state index contributed by atoms with van der Waals surface area (Å²) in [5, 5.41) is 4.41. The van der Waals surface area contributed by atoms with Gasteiger partial charge in [0.25, 0.3) is 5.72 Å². The van der Waals surface area contributed by atoms with E-state index in [4.69, 9.17) is 14.3 Å². The van der Waals surface area contributed by atoms with Crippen LogP contribution < -0.4 is 4.74 Å². The lowest BCUT2D eigenvalue weighted by molar-refractivity contribution is -0.180. The van der Waals surface area contributed by atoms with Gasteiger partial charge in [0.2, 0.25) is 0 Å². The quantitative estimate of drug-likeness (QED) is 0.611. The maximum Gasteiger partial charge on any atom is 0.260 e. The fourth-order valence-corrected chi connectivity index (χ4v) is 4.13. The first kappa shape index (κ1) is 20.3. The number of amidine groups is 1. The molecular formula is C25H26N4O3. The third kappa shape index (κ3) is 3.54. The Morgan fingerprint density at radius 1 is 1.09 bits per heavy atom. The van der Waals surface area contributed by atoms with Crippen molar-refractivity contribution in [2.45, 2.75) is 19.6 Å². The number of hydrogen-bond acceptors (Lipinski definition) is 6. The zero-order chi connectivity index (χ0) is 22.1. The van der Waals surface area contributed by atoms with E-state index >= 15 is 0 Å². The van der Waals surface area contributed by atoms with Gasteiger partial charge >= 0.3 is 0 Å². The van der Waals surface area contributed by atoms with E-state index in [2.05, 4.69) is 46.2 Å². The smallest absolute Gasteiger partial charge is 0.260 e. The normalized spacial score (nSPS) is 20.2. The summed E-state index contributed by atoms with van der Waals surface area (Å²) in [4.78, 5) is 12.5. The Labute approximate surface area is 187 Å². The zero-order valence-corrected chi connectivity index (χ0v) is 18.5. The van der Waals surface area contributed by atoms with Crippen LogP contribution in [0.5, 0.6) is 5.75 Å². The molecule has 1 aromatic heterocycles. The van der Waals surface area contributed by atoms with Crippen molar-refractivity contribution in [3.8, 4) is 11.4 Å². The molecule has 1 saturated heterocycles. The highest BCUT2D eigenvalue weighted by Crippen LogP contribution is 2.38. The maximum atomic E-state index is 6.00. The van der Waals surface area contributed by atoms with Crippen molar-refractivity contribution < 1.29 is 14.3 Å². The SMILES string of the molecule is COc1cc(/C=C/C2=NOC3(c4ccc(C)cc4)COCCN23)ccc1-n1cnc(C)c1. The molecule has 2 aliphatic heterocycles. The average Bonchev–Trinajstić information content (AvgIpc) is 3.42. The summed E-state index contributed by atoms with van der Waals surface area (Å²) in [6, 6.07) is 14.4. The highest BCUT2D eigenvalue weighted by Gasteiger charge is 2.49. The summed E-state index contributed by atoms with van der Waals surface area (Å²) in [6.07, 6.45) is 7.77. The summed E-state index contributed by atoms with van der Waals surface area (Å²) < 4.78 is 13.4. The number of fused-ring (bicyclic) bond motifs is 1. The Morgan fingerprint density at radius 2 is 1.94 bits per heavy atom. The summed E-state index contributed by atoms with van der Waals surface area (Å²) in [7, 11) is 1.68. The molecule has 3 aromatic rings. The second-order valence-electron chi connectivity index (χ2n) is 8.08. The molecule has 2 aromatic carbocycles.